The van der Waals surface area contributed by atoms with Crippen LogP contribution in [0.15, 0.2) is 16.6 Å². The maximum absolute atomic E-state index is 11.4. The first-order chi connectivity index (χ1) is 11.1. The van der Waals surface area contributed by atoms with E-state index in [-0.39, 0.29) is 12.0 Å². The number of rotatable bonds is 3. The number of ether oxygens (including phenoxy) is 2. The number of benzene rings is 1. The van der Waals surface area contributed by atoms with Crippen molar-refractivity contribution < 1.29 is 19.4 Å². The molecule has 4 rings (SSSR count). The zero-order chi connectivity index (χ0) is 16.0. The van der Waals surface area contributed by atoms with Crippen molar-refractivity contribution in [3.05, 3.63) is 22.2 Å². The molecule has 3 aliphatic heterocycles. The van der Waals surface area contributed by atoms with E-state index in [1.165, 1.54) is 0 Å². The maximum atomic E-state index is 11.4. The first-order valence-electron chi connectivity index (χ1n) is 8.20. The molecule has 124 valence electrons. The molecule has 0 radical (unpaired) electrons. The molecule has 3 atom stereocenters. The van der Waals surface area contributed by atoms with Crippen LogP contribution in [0.2, 0.25) is 0 Å². The molecular weight excluding hydrogens is 362 g/mol. The molecule has 3 unspecified atom stereocenters. The summed E-state index contributed by atoms with van der Waals surface area (Å²) < 4.78 is 12.5. The van der Waals surface area contributed by atoms with E-state index in [2.05, 4.69) is 20.8 Å². The fourth-order valence-corrected chi connectivity index (χ4v) is 4.60. The number of fused-ring (bicyclic) bond motifs is 3. The van der Waals surface area contributed by atoms with Crippen LogP contribution in [0.25, 0.3) is 0 Å². The summed E-state index contributed by atoms with van der Waals surface area (Å²) in [7, 11) is 0. The molecule has 6 heteroatoms. The Bertz CT molecular complexity index is 635. The second-order valence-corrected chi connectivity index (χ2v) is 7.45. The molecule has 0 saturated carbocycles. The van der Waals surface area contributed by atoms with E-state index in [1.54, 1.807) is 0 Å². The van der Waals surface area contributed by atoms with Crippen molar-refractivity contribution in [3.63, 3.8) is 0 Å². The van der Waals surface area contributed by atoms with E-state index in [1.807, 2.05) is 12.1 Å². The van der Waals surface area contributed by atoms with E-state index in [0.29, 0.717) is 19.3 Å². The number of hydrogen-bond acceptors (Lipinski definition) is 4. The lowest BCUT2D eigenvalue weighted by Crippen LogP contribution is -2.32. The van der Waals surface area contributed by atoms with E-state index < -0.39 is 5.97 Å². The van der Waals surface area contributed by atoms with Crippen LogP contribution in [-0.4, -0.2) is 41.3 Å². The van der Waals surface area contributed by atoms with Crippen molar-refractivity contribution in [2.24, 2.45) is 5.92 Å². The smallest absolute Gasteiger partial charge is 0.308 e. The topological polar surface area (TPSA) is 59.0 Å². The van der Waals surface area contributed by atoms with Crippen LogP contribution in [0, 0.1) is 5.92 Å². The van der Waals surface area contributed by atoms with Gasteiger partial charge in [-0.25, -0.2) is 0 Å². The second kappa shape index (κ2) is 5.98. The molecule has 3 aliphatic rings. The zero-order valence-corrected chi connectivity index (χ0v) is 14.4. The Labute approximate surface area is 143 Å². The van der Waals surface area contributed by atoms with Crippen LogP contribution >= 0.6 is 15.9 Å². The number of halogens is 1. The predicted octanol–water partition coefficient (Wildman–Crippen LogP) is 3.05. The molecule has 2 fully saturated rings. The average Bonchev–Trinajstić information content (AvgIpc) is 2.97. The van der Waals surface area contributed by atoms with Crippen molar-refractivity contribution in [1.82, 2.24) is 4.90 Å². The van der Waals surface area contributed by atoms with Gasteiger partial charge in [0, 0.05) is 29.5 Å². The number of carbonyl (C=O) groups is 1. The first-order valence-corrected chi connectivity index (χ1v) is 8.99. The average molecular weight is 382 g/mol. The lowest BCUT2D eigenvalue weighted by atomic mass is 9.89. The molecule has 1 N–H and O–H groups in total. The van der Waals surface area contributed by atoms with Gasteiger partial charge in [-0.15, -0.1) is 0 Å². The number of hydrogen-bond donors (Lipinski definition) is 1. The van der Waals surface area contributed by atoms with E-state index in [0.717, 1.165) is 53.8 Å². The number of carboxylic acids is 1. The van der Waals surface area contributed by atoms with Gasteiger partial charge < -0.3 is 14.6 Å². The van der Waals surface area contributed by atoms with Crippen molar-refractivity contribution in [2.45, 2.75) is 44.3 Å². The van der Waals surface area contributed by atoms with Gasteiger partial charge in [-0.3, -0.25) is 9.69 Å². The molecule has 1 aromatic rings. The van der Waals surface area contributed by atoms with Crippen LogP contribution in [0.1, 0.15) is 31.2 Å². The van der Waals surface area contributed by atoms with Gasteiger partial charge in [0.15, 0.2) is 11.5 Å². The van der Waals surface area contributed by atoms with Gasteiger partial charge in [-0.2, -0.15) is 0 Å². The molecule has 3 heterocycles. The van der Waals surface area contributed by atoms with Gasteiger partial charge in [0.1, 0.15) is 0 Å². The van der Waals surface area contributed by atoms with Gasteiger partial charge in [-0.05, 0) is 37.0 Å². The van der Waals surface area contributed by atoms with E-state index in [9.17, 15) is 9.90 Å². The third-order valence-corrected chi connectivity index (χ3v) is 6.01. The molecular formula is C17H20BrNO4. The summed E-state index contributed by atoms with van der Waals surface area (Å²) in [6.45, 7) is 2.11. The van der Waals surface area contributed by atoms with Crippen LogP contribution in [0.4, 0.5) is 0 Å². The van der Waals surface area contributed by atoms with Crippen molar-refractivity contribution in [3.8, 4) is 11.5 Å². The standard InChI is InChI=1S/C17H20BrNO4/c18-13-8-16-15(22-4-1-5-23-16)6-10(13)9-19-11-2-3-14(19)12(7-11)17(20)21/h6,8,11-12,14H,1-5,7,9H2,(H,20,21). The van der Waals surface area contributed by atoms with Crippen molar-refractivity contribution in [1.29, 1.82) is 0 Å². The third-order valence-electron chi connectivity index (χ3n) is 5.27. The second-order valence-electron chi connectivity index (χ2n) is 6.59. The largest absolute Gasteiger partial charge is 0.490 e. The molecule has 0 spiro atoms. The van der Waals surface area contributed by atoms with Gasteiger partial charge >= 0.3 is 5.97 Å². The Morgan fingerprint density at radius 3 is 2.70 bits per heavy atom. The SMILES string of the molecule is O=C(O)C1CC2CCC1N2Cc1cc2c(cc1Br)OCCCO2. The van der Waals surface area contributed by atoms with Gasteiger partial charge in [0.25, 0.3) is 0 Å². The fraction of sp³-hybridized carbons (Fsp3) is 0.588. The zero-order valence-electron chi connectivity index (χ0n) is 12.8. The molecule has 0 amide bonds. The van der Waals surface area contributed by atoms with Gasteiger partial charge in [-0.1, -0.05) is 15.9 Å². The van der Waals surface area contributed by atoms with Crippen LogP contribution in [-0.2, 0) is 11.3 Å². The molecule has 23 heavy (non-hydrogen) atoms. The van der Waals surface area contributed by atoms with Crippen molar-refractivity contribution >= 4 is 21.9 Å². The summed E-state index contributed by atoms with van der Waals surface area (Å²) in [5, 5.41) is 9.39. The Balaban J connectivity index is 1.58. The summed E-state index contributed by atoms with van der Waals surface area (Å²) in [5.41, 5.74) is 1.14. The van der Waals surface area contributed by atoms with Gasteiger partial charge in [0.05, 0.1) is 19.1 Å². The first kappa shape index (κ1) is 15.3. The van der Waals surface area contributed by atoms with Crippen LogP contribution in [0.3, 0.4) is 0 Å². The Hall–Kier alpha value is -1.27. The summed E-state index contributed by atoms with van der Waals surface area (Å²) in [6.07, 6.45) is 3.76. The molecule has 5 nitrogen and oxygen atoms in total. The number of nitrogens with zero attached hydrogens (tertiary/aromatic N) is 1. The molecule has 1 aromatic carbocycles. The summed E-state index contributed by atoms with van der Waals surface area (Å²) in [6, 6.07) is 4.57. The summed E-state index contributed by atoms with van der Waals surface area (Å²) in [4.78, 5) is 13.8. The quantitative estimate of drug-likeness (QED) is 0.871. The normalized spacial score (nSPS) is 29.5. The molecule has 2 saturated heterocycles. The van der Waals surface area contributed by atoms with E-state index in [4.69, 9.17) is 9.47 Å². The minimum atomic E-state index is -0.653. The number of aliphatic carboxylic acids is 1. The van der Waals surface area contributed by atoms with Crippen molar-refractivity contribution in [2.75, 3.05) is 13.2 Å². The fourth-order valence-electron chi connectivity index (χ4n) is 4.16. The van der Waals surface area contributed by atoms with E-state index >= 15 is 0 Å². The Morgan fingerprint density at radius 1 is 1.26 bits per heavy atom. The minimum Gasteiger partial charge on any atom is -0.490 e. The Kier molecular flexibility index (Phi) is 3.97. The highest BCUT2D eigenvalue weighted by Crippen LogP contribution is 2.44. The maximum Gasteiger partial charge on any atom is 0.308 e. The molecule has 0 aromatic heterocycles. The lowest BCUT2D eigenvalue weighted by Gasteiger charge is -2.24. The Morgan fingerprint density at radius 2 is 2.00 bits per heavy atom. The lowest BCUT2D eigenvalue weighted by molar-refractivity contribution is -0.142. The van der Waals surface area contributed by atoms with Crippen LogP contribution < -0.4 is 9.47 Å². The minimum absolute atomic E-state index is 0.167. The highest BCUT2D eigenvalue weighted by Gasteiger charge is 2.49. The van der Waals surface area contributed by atoms with Crippen LogP contribution in [0.5, 0.6) is 11.5 Å². The summed E-state index contributed by atoms with van der Waals surface area (Å²) >= 11 is 3.63. The predicted molar refractivity (Wildman–Crippen MR) is 87.8 cm³/mol. The molecule has 2 bridgehead atoms. The summed E-state index contributed by atoms with van der Waals surface area (Å²) in [5.74, 6) is 0.709. The third kappa shape index (κ3) is 2.72. The highest BCUT2D eigenvalue weighted by atomic mass is 79.9. The monoisotopic (exact) mass is 381 g/mol. The van der Waals surface area contributed by atoms with Gasteiger partial charge in [0.2, 0.25) is 0 Å². The highest BCUT2D eigenvalue weighted by molar-refractivity contribution is 9.10. The molecule has 0 aliphatic carbocycles. The number of carboxylic acid groups (broad SMARTS) is 1.